The van der Waals surface area contributed by atoms with E-state index >= 15 is 0 Å². The van der Waals surface area contributed by atoms with Crippen LogP contribution in [-0.2, 0) is 11.8 Å². The van der Waals surface area contributed by atoms with Gasteiger partial charge >= 0.3 is 0 Å². The molecule has 0 bridgehead atoms. The van der Waals surface area contributed by atoms with Crippen LogP contribution in [0.25, 0.3) is 82.8 Å². The third kappa shape index (κ3) is 7.43. The van der Waals surface area contributed by atoms with Crippen LogP contribution in [0.2, 0.25) is 0 Å². The number of furan rings is 1. The molecule has 0 unspecified atom stereocenters. The Hall–Kier alpha value is -9.32. The lowest BCUT2D eigenvalue weighted by Gasteiger charge is -2.46. The van der Waals surface area contributed by atoms with Crippen LogP contribution in [0.3, 0.4) is 0 Å². The monoisotopic (exact) mass is 1020 g/mol. The molecular formula is C74H58BN3O. The summed E-state index contributed by atoms with van der Waals surface area (Å²) in [4.78, 5) is 5.35. The van der Waals surface area contributed by atoms with Gasteiger partial charge in [0, 0.05) is 55.7 Å². The first-order valence-corrected chi connectivity index (χ1v) is 28.1. The Morgan fingerprint density at radius 1 is 0.430 bits per heavy atom. The number of hydrogen-bond donors (Lipinski definition) is 0. The Morgan fingerprint density at radius 2 is 1.01 bits per heavy atom. The van der Waals surface area contributed by atoms with Gasteiger partial charge in [0.25, 0.3) is 6.71 Å². The lowest BCUT2D eigenvalue weighted by Crippen LogP contribution is -2.61. The van der Waals surface area contributed by atoms with Crippen LogP contribution in [0, 0.1) is 0 Å². The summed E-state index contributed by atoms with van der Waals surface area (Å²) in [5.41, 5.74) is 25.6. The second-order valence-corrected chi connectivity index (χ2v) is 22.6. The second-order valence-electron chi connectivity index (χ2n) is 22.6. The van der Waals surface area contributed by atoms with Gasteiger partial charge in [0.1, 0.15) is 11.2 Å². The molecule has 0 fully saturated rings. The number of para-hydroxylation sites is 4. The van der Waals surface area contributed by atoms with Gasteiger partial charge in [0.05, 0.1) is 27.8 Å². The number of aryl methyl sites for hydroxylation is 1. The molecule has 15 rings (SSSR count). The van der Waals surface area contributed by atoms with Gasteiger partial charge in [0.15, 0.2) is 0 Å². The zero-order chi connectivity index (χ0) is 52.9. The van der Waals surface area contributed by atoms with Crippen LogP contribution in [0.1, 0.15) is 51.7 Å². The molecule has 2 aliphatic heterocycles. The molecule has 11 aromatic carbocycles. The molecule has 0 saturated heterocycles. The van der Waals surface area contributed by atoms with Crippen LogP contribution < -0.4 is 26.2 Å². The molecule has 4 nitrogen and oxygen atoms in total. The summed E-state index contributed by atoms with van der Waals surface area (Å²) in [6.45, 7) is 9.28. The quantitative estimate of drug-likeness (QED) is 0.135. The van der Waals surface area contributed by atoms with Crippen molar-refractivity contribution in [2.24, 2.45) is 0 Å². The molecule has 0 atom stereocenters. The number of nitrogens with zero attached hydrogens (tertiary/aromatic N) is 3. The molecule has 2 aromatic heterocycles. The standard InChI is InChI=1S/C74H58BN3O/c1-5-6-23-51-39-43-69-70(59-32-18-21-37-68(59)79-69)72(51)78-65-47-54(76-62-35-19-16-30-57(62)58-31-17-20-36-63(58)76)40-41-60(65)75-61-44-52(48-24-10-7-11-25-48)38-42-64(61)77(66-45-53(74(2,3)4)46-67(78)71(66)75)73-55(49-26-12-8-13-27-49)33-22-34-56(73)50-28-14-9-15-29-50/h7-22,24-47H,5-6,23H2,1-4H3. The number of rotatable bonds is 9. The minimum Gasteiger partial charge on any atom is -0.456 e. The molecule has 0 radical (unpaired) electrons. The van der Waals surface area contributed by atoms with Gasteiger partial charge in [-0.05, 0) is 123 Å². The maximum absolute atomic E-state index is 6.90. The minimum atomic E-state index is -0.235. The fourth-order valence-electron chi connectivity index (χ4n) is 13.2. The molecular weight excluding hydrogens is 958 g/mol. The predicted octanol–water partition coefficient (Wildman–Crippen LogP) is 18.4. The van der Waals surface area contributed by atoms with Gasteiger partial charge in [-0.1, -0.05) is 222 Å². The maximum atomic E-state index is 6.90. The van der Waals surface area contributed by atoms with Crippen molar-refractivity contribution in [3.63, 3.8) is 0 Å². The molecule has 5 heteroatoms. The van der Waals surface area contributed by atoms with E-state index in [0.717, 1.165) is 52.6 Å². The first-order chi connectivity index (χ1) is 38.8. The third-order valence-electron chi connectivity index (χ3n) is 16.9. The lowest BCUT2D eigenvalue weighted by molar-refractivity contribution is 0.590. The number of anilines is 6. The molecule has 0 saturated carbocycles. The van der Waals surface area contributed by atoms with Crippen molar-refractivity contribution in [3.8, 4) is 39.1 Å². The number of fused-ring (bicyclic) bond motifs is 10. The van der Waals surface area contributed by atoms with Crippen molar-refractivity contribution in [1.82, 2.24) is 4.57 Å². The van der Waals surface area contributed by atoms with Gasteiger partial charge in [-0.2, -0.15) is 0 Å². The average molecular weight is 1020 g/mol. The van der Waals surface area contributed by atoms with E-state index in [0.29, 0.717) is 0 Å². The summed E-state index contributed by atoms with van der Waals surface area (Å²) in [5, 5.41) is 4.76. The third-order valence-corrected chi connectivity index (χ3v) is 16.9. The topological polar surface area (TPSA) is 24.6 Å². The Labute approximate surface area is 462 Å². The molecule has 4 heterocycles. The first kappa shape index (κ1) is 46.9. The molecule has 0 spiro atoms. The highest BCUT2D eigenvalue weighted by Gasteiger charge is 2.46. The summed E-state index contributed by atoms with van der Waals surface area (Å²) in [5.74, 6) is 0. The van der Waals surface area contributed by atoms with E-state index in [9.17, 15) is 0 Å². The van der Waals surface area contributed by atoms with Gasteiger partial charge < -0.3 is 18.8 Å². The number of benzene rings is 11. The van der Waals surface area contributed by atoms with E-state index in [4.69, 9.17) is 4.42 Å². The number of unbranched alkanes of at least 4 members (excludes halogenated alkanes) is 1. The van der Waals surface area contributed by atoms with Crippen LogP contribution in [0.4, 0.5) is 34.1 Å². The molecule has 0 aliphatic carbocycles. The predicted molar refractivity (Wildman–Crippen MR) is 336 cm³/mol. The van der Waals surface area contributed by atoms with Crippen molar-refractivity contribution in [1.29, 1.82) is 0 Å². The van der Waals surface area contributed by atoms with Crippen molar-refractivity contribution in [2.75, 3.05) is 9.80 Å². The van der Waals surface area contributed by atoms with Gasteiger partial charge in [-0.15, -0.1) is 0 Å². The van der Waals surface area contributed by atoms with Gasteiger partial charge in [0.2, 0.25) is 0 Å². The molecule has 378 valence electrons. The fraction of sp³-hybridized carbons (Fsp3) is 0.108. The zero-order valence-electron chi connectivity index (χ0n) is 45.0. The summed E-state index contributed by atoms with van der Waals surface area (Å²) in [7, 11) is 0. The van der Waals surface area contributed by atoms with Crippen molar-refractivity contribution in [3.05, 3.63) is 254 Å². The Balaban J connectivity index is 1.12. The highest BCUT2D eigenvalue weighted by Crippen LogP contribution is 2.53. The van der Waals surface area contributed by atoms with Gasteiger partial charge in [-0.25, -0.2) is 0 Å². The van der Waals surface area contributed by atoms with Crippen LogP contribution in [-0.4, -0.2) is 11.3 Å². The summed E-state index contributed by atoms with van der Waals surface area (Å²) < 4.78 is 9.38. The summed E-state index contributed by atoms with van der Waals surface area (Å²) in [6.07, 6.45) is 3.06. The molecule has 2 aliphatic rings. The summed E-state index contributed by atoms with van der Waals surface area (Å²) in [6, 6.07) is 90.5. The van der Waals surface area contributed by atoms with E-state index < -0.39 is 0 Å². The highest BCUT2D eigenvalue weighted by atomic mass is 16.3. The largest absolute Gasteiger partial charge is 0.456 e. The van der Waals surface area contributed by atoms with E-state index in [1.54, 1.807) is 0 Å². The Kier molecular flexibility index (Phi) is 10.9. The highest BCUT2D eigenvalue weighted by molar-refractivity contribution is 7.00. The van der Waals surface area contributed by atoms with Crippen LogP contribution >= 0.6 is 0 Å². The van der Waals surface area contributed by atoms with Crippen LogP contribution in [0.5, 0.6) is 0 Å². The Bertz CT molecular complexity index is 4420. The fourth-order valence-corrected chi connectivity index (χ4v) is 13.2. The van der Waals surface area contributed by atoms with E-state index in [1.807, 2.05) is 0 Å². The Morgan fingerprint density at radius 3 is 1.65 bits per heavy atom. The molecule has 13 aromatic rings. The molecule has 0 amide bonds. The maximum Gasteiger partial charge on any atom is 0.252 e. The second kappa shape index (κ2) is 18.4. The van der Waals surface area contributed by atoms with Crippen LogP contribution in [0.15, 0.2) is 247 Å². The molecule has 79 heavy (non-hydrogen) atoms. The SMILES string of the molecule is CCCCc1ccc2oc3ccccc3c2c1N1c2cc(-n3c4ccccc4c4ccccc43)ccc2B2c3cc(-c4ccccc4)ccc3N(c3c(-c4ccccc4)cccc3-c3ccccc3)c3cc(C(C)(C)C)cc1c32. The summed E-state index contributed by atoms with van der Waals surface area (Å²) >= 11 is 0. The van der Waals surface area contributed by atoms with E-state index in [1.165, 1.54) is 111 Å². The lowest BCUT2D eigenvalue weighted by atomic mass is 9.33. The first-order valence-electron chi connectivity index (χ1n) is 28.1. The van der Waals surface area contributed by atoms with E-state index in [-0.39, 0.29) is 12.1 Å². The normalized spacial score (nSPS) is 12.9. The minimum absolute atomic E-state index is 0.143. The number of hydrogen-bond acceptors (Lipinski definition) is 3. The number of aromatic nitrogens is 1. The van der Waals surface area contributed by atoms with Gasteiger partial charge in [-0.3, -0.25) is 0 Å². The zero-order valence-corrected chi connectivity index (χ0v) is 45.0. The molecule has 0 N–H and O–H groups in total. The smallest absolute Gasteiger partial charge is 0.252 e. The van der Waals surface area contributed by atoms with Crippen molar-refractivity contribution >= 4 is 101 Å². The van der Waals surface area contributed by atoms with Crippen molar-refractivity contribution in [2.45, 2.75) is 52.4 Å². The van der Waals surface area contributed by atoms with Crippen molar-refractivity contribution < 1.29 is 4.42 Å². The van der Waals surface area contributed by atoms with E-state index in [2.05, 4.69) is 285 Å². The average Bonchev–Trinajstić information content (AvgIpc) is 2.88.